The maximum atomic E-state index is 11.9. The molecule has 1 spiro atoms. The molecule has 0 bridgehead atoms. The number of amides is 1. The Morgan fingerprint density at radius 3 is 2.67 bits per heavy atom. The van der Waals surface area contributed by atoms with Crippen molar-refractivity contribution in [3.63, 3.8) is 0 Å². The van der Waals surface area contributed by atoms with Crippen LogP contribution in [-0.2, 0) is 4.79 Å². The molecule has 2 heterocycles. The highest BCUT2D eigenvalue weighted by molar-refractivity contribution is 7.79. The Balaban J connectivity index is 1.95. The first-order valence-electron chi connectivity index (χ1n) is 6.49. The molecule has 5 nitrogen and oxygen atoms in total. The molecule has 102 valence electrons. The summed E-state index contributed by atoms with van der Waals surface area (Å²) in [4.78, 5) is 13.7. The first-order valence-corrected chi connectivity index (χ1v) is 6.90. The van der Waals surface area contributed by atoms with Crippen LogP contribution < -0.4 is 10.6 Å². The van der Waals surface area contributed by atoms with E-state index in [1.54, 1.807) is 4.90 Å². The van der Waals surface area contributed by atoms with Gasteiger partial charge in [0.1, 0.15) is 0 Å². The number of hydrogen-bond acceptors (Lipinski definition) is 3. The van der Waals surface area contributed by atoms with Crippen molar-refractivity contribution in [2.75, 3.05) is 13.1 Å². The number of carbonyl (C=O) groups excluding carboxylic acids is 1. The van der Waals surface area contributed by atoms with Crippen molar-refractivity contribution in [2.45, 2.75) is 44.8 Å². The Kier molecular flexibility index (Phi) is 3.77. The van der Waals surface area contributed by atoms with Gasteiger partial charge in [0.25, 0.3) is 5.17 Å². The molecule has 1 unspecified atom stereocenters. The van der Waals surface area contributed by atoms with Crippen LogP contribution in [0.4, 0.5) is 0 Å². The second-order valence-electron chi connectivity index (χ2n) is 5.67. The largest absolute Gasteiger partial charge is 0.487 e. The Bertz CT molecular complexity index is 351. The molecule has 1 atom stereocenters. The normalized spacial score (nSPS) is 26.7. The van der Waals surface area contributed by atoms with Gasteiger partial charge in [0.15, 0.2) is 0 Å². The first-order chi connectivity index (χ1) is 8.42. The summed E-state index contributed by atoms with van der Waals surface area (Å²) in [7, 11) is 0. The summed E-state index contributed by atoms with van der Waals surface area (Å²) in [6, 6.07) is -0.0855. The topological polar surface area (TPSA) is 64.6 Å². The monoisotopic (exact) mass is 271 g/mol. The van der Waals surface area contributed by atoms with Crippen molar-refractivity contribution in [1.29, 1.82) is 0 Å². The lowest BCUT2D eigenvalue weighted by atomic mass is 9.97. The molecule has 0 aromatic rings. The lowest BCUT2D eigenvalue weighted by Crippen LogP contribution is -2.58. The number of rotatable bonds is 2. The van der Waals surface area contributed by atoms with E-state index in [1.165, 1.54) is 0 Å². The van der Waals surface area contributed by atoms with Crippen LogP contribution in [0.5, 0.6) is 0 Å². The molecule has 0 radical (unpaired) electrons. The smallest absolute Gasteiger partial charge is 0.256 e. The molecular weight excluding hydrogens is 250 g/mol. The summed E-state index contributed by atoms with van der Waals surface area (Å²) in [5.41, 5.74) is -0.294. The zero-order valence-electron chi connectivity index (χ0n) is 10.9. The van der Waals surface area contributed by atoms with E-state index in [0.717, 1.165) is 19.3 Å². The van der Waals surface area contributed by atoms with Crippen molar-refractivity contribution in [3.05, 3.63) is 0 Å². The molecule has 3 N–H and O–H groups in total. The fourth-order valence-electron chi connectivity index (χ4n) is 2.74. The minimum atomic E-state index is -0.294. The predicted molar refractivity (Wildman–Crippen MR) is 73.3 cm³/mol. The molecular formula is C12H21N3O2S. The molecule has 0 aromatic carbocycles. The highest BCUT2D eigenvalue weighted by atomic mass is 32.1. The van der Waals surface area contributed by atoms with Gasteiger partial charge in [0, 0.05) is 25.9 Å². The summed E-state index contributed by atoms with van der Waals surface area (Å²) >= 11 is 4.76. The van der Waals surface area contributed by atoms with Crippen molar-refractivity contribution >= 4 is 23.3 Å². The van der Waals surface area contributed by atoms with Gasteiger partial charge in [-0.2, -0.15) is 0 Å². The van der Waals surface area contributed by atoms with Gasteiger partial charge < -0.3 is 15.3 Å². The molecule has 2 rings (SSSR count). The Hall–Kier alpha value is -0.880. The van der Waals surface area contributed by atoms with Crippen LogP contribution in [0, 0.1) is 5.92 Å². The van der Waals surface area contributed by atoms with E-state index in [0.29, 0.717) is 19.0 Å². The number of nitrogens with zero attached hydrogens (tertiary/aromatic N) is 1. The molecule has 1 amide bonds. The van der Waals surface area contributed by atoms with Gasteiger partial charge >= 0.3 is 0 Å². The summed E-state index contributed by atoms with van der Waals surface area (Å²) in [5.74, 6) is 0.595. The van der Waals surface area contributed by atoms with Crippen molar-refractivity contribution < 1.29 is 9.90 Å². The zero-order valence-corrected chi connectivity index (χ0v) is 11.7. The van der Waals surface area contributed by atoms with Gasteiger partial charge in [-0.1, -0.05) is 13.8 Å². The van der Waals surface area contributed by atoms with Crippen LogP contribution in [0.3, 0.4) is 0 Å². The van der Waals surface area contributed by atoms with Crippen molar-refractivity contribution in [1.82, 2.24) is 15.5 Å². The quantitative estimate of drug-likeness (QED) is 0.647. The van der Waals surface area contributed by atoms with E-state index in [2.05, 4.69) is 24.5 Å². The Morgan fingerprint density at radius 1 is 1.56 bits per heavy atom. The number of hydrogen-bond donors (Lipinski definition) is 3. The Morgan fingerprint density at radius 2 is 2.17 bits per heavy atom. The van der Waals surface area contributed by atoms with E-state index in [4.69, 9.17) is 12.2 Å². The van der Waals surface area contributed by atoms with Crippen LogP contribution in [0.25, 0.3) is 0 Å². The standard InChI is InChI=1S/C12H21N3O2S/c1-8(2)7-9-10(16)14-12(13-9)3-5-15(6-4-12)11(17)18/h8-9,13H,3-7H2,1-2H3,(H,14,16)(H,17,18). The van der Waals surface area contributed by atoms with E-state index < -0.39 is 0 Å². The third-order valence-corrected chi connectivity index (χ3v) is 3.98. The first kappa shape index (κ1) is 13.5. The number of thiocarbonyl (C=S) groups is 1. The van der Waals surface area contributed by atoms with Crippen molar-refractivity contribution in [3.8, 4) is 0 Å². The summed E-state index contributed by atoms with van der Waals surface area (Å²) in [5, 5.41) is 15.7. The number of carbonyl (C=O) groups is 1. The van der Waals surface area contributed by atoms with Gasteiger partial charge in [-0.05, 0) is 24.6 Å². The number of piperidine rings is 1. The SMILES string of the molecule is CC(C)CC1NC2(CCN(C(O)=S)CC2)NC1=O. The highest BCUT2D eigenvalue weighted by Crippen LogP contribution is 2.26. The molecule has 2 aliphatic rings. The van der Waals surface area contributed by atoms with Gasteiger partial charge in [-0.3, -0.25) is 10.1 Å². The second-order valence-corrected chi connectivity index (χ2v) is 6.03. The second kappa shape index (κ2) is 5.01. The fourth-order valence-corrected chi connectivity index (χ4v) is 2.93. The molecule has 0 aromatic heterocycles. The molecule has 6 heteroatoms. The van der Waals surface area contributed by atoms with E-state index >= 15 is 0 Å². The van der Waals surface area contributed by atoms with Crippen LogP contribution in [0.15, 0.2) is 0 Å². The van der Waals surface area contributed by atoms with E-state index in [9.17, 15) is 9.90 Å². The van der Waals surface area contributed by atoms with Gasteiger partial charge in [-0.15, -0.1) is 0 Å². The molecule has 2 fully saturated rings. The number of aliphatic hydroxyl groups is 1. The highest BCUT2D eigenvalue weighted by Gasteiger charge is 2.45. The third kappa shape index (κ3) is 2.75. The Labute approximate surface area is 113 Å². The van der Waals surface area contributed by atoms with Crippen molar-refractivity contribution in [2.24, 2.45) is 5.92 Å². The number of nitrogens with one attached hydrogen (secondary N) is 2. The average Bonchev–Trinajstić information content (AvgIpc) is 2.55. The summed E-state index contributed by atoms with van der Waals surface area (Å²) in [6.45, 7) is 5.59. The minimum absolute atomic E-state index is 0.0482. The van der Waals surface area contributed by atoms with Gasteiger partial charge in [-0.25, -0.2) is 0 Å². The van der Waals surface area contributed by atoms with Gasteiger partial charge in [0.2, 0.25) is 5.91 Å². The van der Waals surface area contributed by atoms with Crippen LogP contribution >= 0.6 is 12.2 Å². The summed E-state index contributed by atoms with van der Waals surface area (Å²) < 4.78 is 0. The number of likely N-dealkylation sites (tertiary alicyclic amines) is 1. The van der Waals surface area contributed by atoms with Crippen LogP contribution in [0.1, 0.15) is 33.1 Å². The zero-order chi connectivity index (χ0) is 13.3. The van der Waals surface area contributed by atoms with E-state index in [-0.39, 0.29) is 22.8 Å². The van der Waals surface area contributed by atoms with Gasteiger partial charge in [0.05, 0.1) is 11.7 Å². The molecule has 0 saturated carbocycles. The maximum absolute atomic E-state index is 11.9. The maximum Gasteiger partial charge on any atom is 0.256 e. The average molecular weight is 271 g/mol. The lowest BCUT2D eigenvalue weighted by molar-refractivity contribution is -0.121. The van der Waals surface area contributed by atoms with Crippen LogP contribution in [0.2, 0.25) is 0 Å². The van der Waals surface area contributed by atoms with Crippen LogP contribution in [-0.4, -0.2) is 45.9 Å². The lowest BCUT2D eigenvalue weighted by Gasteiger charge is -2.39. The minimum Gasteiger partial charge on any atom is -0.487 e. The third-order valence-electron chi connectivity index (χ3n) is 3.72. The molecule has 2 saturated heterocycles. The fraction of sp³-hybridized carbons (Fsp3) is 0.833. The molecule has 0 aliphatic carbocycles. The predicted octanol–water partition coefficient (Wildman–Crippen LogP) is 0.755. The van der Waals surface area contributed by atoms with E-state index in [1.807, 2.05) is 0 Å². The number of aliphatic hydroxyl groups excluding tert-OH is 1. The molecule has 2 aliphatic heterocycles. The molecule has 18 heavy (non-hydrogen) atoms. The summed E-state index contributed by atoms with van der Waals surface area (Å²) in [6.07, 6.45) is 2.40.